The van der Waals surface area contributed by atoms with Gasteiger partial charge in [-0.1, -0.05) is 34.8 Å². The van der Waals surface area contributed by atoms with E-state index in [1.807, 2.05) is 6.92 Å². The average Bonchev–Trinajstić information content (AvgIpc) is 2.62. The first-order valence-corrected chi connectivity index (χ1v) is 4.39. The van der Waals surface area contributed by atoms with Crippen molar-refractivity contribution in [3.05, 3.63) is 0 Å². The monoisotopic (exact) mass is 231 g/mol. The van der Waals surface area contributed by atoms with E-state index in [4.69, 9.17) is 49.7 Å². The minimum atomic E-state index is -1.77. The standard InChI is InChI=1S/C6H8Cl3NO2/c1-5(3-12-5)2-11-4(10)6(7,8)9/h10H,2-3H2,1H3/t5-/m0/s1. The van der Waals surface area contributed by atoms with E-state index in [9.17, 15) is 0 Å². The van der Waals surface area contributed by atoms with E-state index in [-0.39, 0.29) is 18.1 Å². The topological polar surface area (TPSA) is 45.6 Å². The summed E-state index contributed by atoms with van der Waals surface area (Å²) in [7, 11) is 0. The molecule has 0 aliphatic carbocycles. The first kappa shape index (κ1) is 10.4. The van der Waals surface area contributed by atoms with Crippen LogP contribution in [0.15, 0.2) is 0 Å². The van der Waals surface area contributed by atoms with Crippen LogP contribution in [-0.4, -0.2) is 28.5 Å². The van der Waals surface area contributed by atoms with Gasteiger partial charge in [0, 0.05) is 0 Å². The molecule has 0 bridgehead atoms. The van der Waals surface area contributed by atoms with E-state index >= 15 is 0 Å². The summed E-state index contributed by atoms with van der Waals surface area (Å²) in [6.45, 7) is 2.73. The summed E-state index contributed by atoms with van der Waals surface area (Å²) in [6.07, 6.45) is 0. The van der Waals surface area contributed by atoms with Gasteiger partial charge in [0.2, 0.25) is 5.90 Å². The second kappa shape index (κ2) is 3.22. The molecule has 0 amide bonds. The Morgan fingerprint density at radius 2 is 2.17 bits per heavy atom. The molecule has 0 unspecified atom stereocenters. The summed E-state index contributed by atoms with van der Waals surface area (Å²) in [5, 5.41) is 7.17. The van der Waals surface area contributed by atoms with Crippen molar-refractivity contribution in [3.8, 4) is 0 Å². The molecule has 3 nitrogen and oxygen atoms in total. The van der Waals surface area contributed by atoms with E-state index in [2.05, 4.69) is 0 Å². The SMILES string of the molecule is C[C@]1(COC(=N)C(Cl)(Cl)Cl)CO1. The van der Waals surface area contributed by atoms with Crippen molar-refractivity contribution in [1.29, 1.82) is 5.41 Å². The predicted molar refractivity (Wildman–Crippen MR) is 48.3 cm³/mol. The first-order chi connectivity index (χ1) is 5.33. The molecule has 0 aromatic heterocycles. The maximum Gasteiger partial charge on any atom is 0.265 e. The van der Waals surface area contributed by atoms with Crippen molar-refractivity contribution < 1.29 is 9.47 Å². The Kier molecular flexibility index (Phi) is 2.78. The fourth-order valence-corrected chi connectivity index (χ4v) is 0.677. The van der Waals surface area contributed by atoms with Gasteiger partial charge in [0.1, 0.15) is 12.2 Å². The number of hydrogen-bond donors (Lipinski definition) is 1. The van der Waals surface area contributed by atoms with Crippen molar-refractivity contribution in [1.82, 2.24) is 0 Å². The van der Waals surface area contributed by atoms with Crippen molar-refractivity contribution in [2.45, 2.75) is 16.3 Å². The molecule has 1 rings (SSSR count). The van der Waals surface area contributed by atoms with Crippen LogP contribution in [-0.2, 0) is 9.47 Å². The van der Waals surface area contributed by atoms with Crippen molar-refractivity contribution >= 4 is 40.7 Å². The summed E-state index contributed by atoms with van der Waals surface area (Å²) < 4.78 is 8.13. The van der Waals surface area contributed by atoms with Crippen molar-refractivity contribution in [3.63, 3.8) is 0 Å². The van der Waals surface area contributed by atoms with Crippen molar-refractivity contribution in [2.75, 3.05) is 13.2 Å². The molecular weight excluding hydrogens is 224 g/mol. The van der Waals surface area contributed by atoms with E-state index in [0.29, 0.717) is 6.61 Å². The summed E-state index contributed by atoms with van der Waals surface area (Å²) in [5.41, 5.74) is -0.289. The molecule has 1 aliphatic heterocycles. The largest absolute Gasteiger partial charge is 0.475 e. The van der Waals surface area contributed by atoms with E-state index in [1.54, 1.807) is 0 Å². The lowest BCUT2D eigenvalue weighted by atomic mass is 10.2. The smallest absolute Gasteiger partial charge is 0.265 e. The Morgan fingerprint density at radius 1 is 1.67 bits per heavy atom. The van der Waals surface area contributed by atoms with Gasteiger partial charge in [-0.15, -0.1) is 0 Å². The summed E-state index contributed by atoms with van der Waals surface area (Å²) in [5.74, 6) is -0.371. The highest BCUT2D eigenvalue weighted by Gasteiger charge is 2.41. The number of hydrogen-bond acceptors (Lipinski definition) is 3. The molecule has 0 radical (unpaired) electrons. The van der Waals surface area contributed by atoms with Crippen molar-refractivity contribution in [2.24, 2.45) is 0 Å². The lowest BCUT2D eigenvalue weighted by Crippen LogP contribution is -2.26. The zero-order valence-electron chi connectivity index (χ0n) is 6.36. The minimum absolute atomic E-state index is 0.250. The predicted octanol–water partition coefficient (Wildman–Crippen LogP) is 2.14. The van der Waals surface area contributed by atoms with Gasteiger partial charge in [-0.3, -0.25) is 5.41 Å². The maximum absolute atomic E-state index is 7.17. The van der Waals surface area contributed by atoms with Crippen LogP contribution in [0.1, 0.15) is 6.92 Å². The zero-order chi connectivity index (χ0) is 9.41. The number of epoxide rings is 1. The Labute approximate surface area is 85.4 Å². The van der Waals surface area contributed by atoms with Crippen LogP contribution in [0, 0.1) is 5.41 Å². The molecule has 1 saturated heterocycles. The van der Waals surface area contributed by atoms with Gasteiger partial charge in [-0.2, -0.15) is 0 Å². The molecule has 1 atom stereocenters. The van der Waals surface area contributed by atoms with Crippen LogP contribution >= 0.6 is 34.8 Å². The number of rotatable bonds is 2. The lowest BCUT2D eigenvalue weighted by molar-refractivity contribution is 0.190. The first-order valence-electron chi connectivity index (χ1n) is 3.26. The highest BCUT2D eigenvalue weighted by molar-refractivity contribution is 6.76. The molecule has 1 aliphatic rings. The highest BCUT2D eigenvalue weighted by atomic mass is 35.6. The molecule has 12 heavy (non-hydrogen) atoms. The Balaban J connectivity index is 2.28. The van der Waals surface area contributed by atoms with Crippen LogP contribution in [0.2, 0.25) is 0 Å². The number of alkyl halides is 3. The van der Waals surface area contributed by atoms with Gasteiger partial charge in [0.15, 0.2) is 0 Å². The van der Waals surface area contributed by atoms with Gasteiger partial charge < -0.3 is 9.47 Å². The van der Waals surface area contributed by atoms with Gasteiger partial charge in [-0.05, 0) is 6.92 Å². The van der Waals surface area contributed by atoms with Crippen LogP contribution in [0.5, 0.6) is 0 Å². The Hall–Kier alpha value is 0.300. The third-order valence-electron chi connectivity index (χ3n) is 1.42. The van der Waals surface area contributed by atoms with E-state index in [1.165, 1.54) is 0 Å². The number of ether oxygens (including phenoxy) is 2. The fraction of sp³-hybridized carbons (Fsp3) is 0.833. The fourth-order valence-electron chi connectivity index (χ4n) is 0.513. The molecule has 0 spiro atoms. The molecule has 70 valence electrons. The zero-order valence-corrected chi connectivity index (χ0v) is 8.63. The lowest BCUT2D eigenvalue weighted by Gasteiger charge is -2.14. The number of nitrogens with one attached hydrogen (secondary N) is 1. The molecule has 1 heterocycles. The van der Waals surface area contributed by atoms with Crippen LogP contribution in [0.25, 0.3) is 0 Å². The molecular formula is C6H8Cl3NO2. The van der Waals surface area contributed by atoms with E-state index < -0.39 is 3.79 Å². The Morgan fingerprint density at radius 3 is 2.50 bits per heavy atom. The molecule has 1 N–H and O–H groups in total. The third kappa shape index (κ3) is 2.98. The third-order valence-corrected chi connectivity index (χ3v) is 1.93. The average molecular weight is 232 g/mol. The van der Waals surface area contributed by atoms with Gasteiger partial charge in [0.05, 0.1) is 6.61 Å². The second-order valence-corrected chi connectivity index (χ2v) is 5.14. The van der Waals surface area contributed by atoms with Gasteiger partial charge >= 0.3 is 0 Å². The van der Waals surface area contributed by atoms with Crippen LogP contribution in [0.3, 0.4) is 0 Å². The van der Waals surface area contributed by atoms with Crippen LogP contribution in [0.4, 0.5) is 0 Å². The van der Waals surface area contributed by atoms with Gasteiger partial charge in [-0.25, -0.2) is 0 Å². The van der Waals surface area contributed by atoms with Gasteiger partial charge in [0.25, 0.3) is 3.79 Å². The summed E-state index contributed by atoms with van der Waals surface area (Å²) in [6, 6.07) is 0. The molecule has 0 aromatic carbocycles. The van der Waals surface area contributed by atoms with E-state index in [0.717, 1.165) is 0 Å². The molecule has 6 heteroatoms. The summed E-state index contributed by atoms with van der Waals surface area (Å²) >= 11 is 16.1. The molecule has 0 saturated carbocycles. The quantitative estimate of drug-likeness (QED) is 0.343. The molecule has 1 fully saturated rings. The highest BCUT2D eigenvalue weighted by Crippen LogP contribution is 2.30. The minimum Gasteiger partial charge on any atom is -0.475 e. The normalized spacial score (nSPS) is 28.3. The van der Waals surface area contributed by atoms with Crippen LogP contribution < -0.4 is 0 Å². The number of halogens is 3. The molecule has 0 aromatic rings. The maximum atomic E-state index is 7.17. The second-order valence-electron chi connectivity index (χ2n) is 2.85. The Bertz CT molecular complexity index is 197. The summed E-state index contributed by atoms with van der Waals surface area (Å²) in [4.78, 5) is 0.